The van der Waals surface area contributed by atoms with E-state index >= 15 is 0 Å². The highest BCUT2D eigenvalue weighted by atomic mass is 16.6. The molecule has 1 aromatic rings. The average Bonchev–Trinajstić information content (AvgIpc) is 2.97. The van der Waals surface area contributed by atoms with E-state index in [4.69, 9.17) is 4.74 Å². The van der Waals surface area contributed by atoms with E-state index in [-0.39, 0.29) is 11.7 Å². The van der Waals surface area contributed by atoms with Crippen molar-refractivity contribution in [2.24, 2.45) is 0 Å². The molecule has 1 aliphatic carbocycles. The van der Waals surface area contributed by atoms with Gasteiger partial charge in [0.15, 0.2) is 0 Å². The van der Waals surface area contributed by atoms with Gasteiger partial charge in [-0.1, -0.05) is 24.3 Å². The number of ether oxygens (including phenoxy) is 1. The summed E-state index contributed by atoms with van der Waals surface area (Å²) in [5.41, 5.74) is 2.46. The molecule has 0 unspecified atom stereocenters. The maximum Gasteiger partial charge on any atom is 0.410 e. The van der Waals surface area contributed by atoms with Crippen LogP contribution in [0.2, 0.25) is 0 Å². The monoisotopic (exact) mass is 229 g/mol. The van der Waals surface area contributed by atoms with Crippen molar-refractivity contribution < 1.29 is 9.53 Å². The Morgan fingerprint density at radius 2 is 1.94 bits per heavy atom. The van der Waals surface area contributed by atoms with Gasteiger partial charge in [0.25, 0.3) is 0 Å². The largest absolute Gasteiger partial charge is 0.440 e. The molecule has 2 fully saturated rings. The minimum atomic E-state index is -0.253. The molecule has 2 heterocycles. The standard InChI is InChI=1S/C14H15NO2/c16-13-15-7-3-6-12(15)14(17-13)8-10-4-1-2-5-11(10)9-14/h1-2,4-5,12H,3,6-9H2/t12-/m0/s1. The molecule has 1 spiro atoms. The lowest BCUT2D eigenvalue weighted by molar-refractivity contribution is 0.0440. The van der Waals surface area contributed by atoms with Crippen molar-refractivity contribution in [1.82, 2.24) is 4.90 Å². The summed E-state index contributed by atoms with van der Waals surface area (Å²) < 4.78 is 5.75. The molecule has 1 amide bonds. The van der Waals surface area contributed by atoms with E-state index in [0.717, 1.165) is 32.2 Å². The molecule has 4 rings (SSSR count). The molecule has 1 atom stereocenters. The van der Waals surface area contributed by atoms with Crippen LogP contribution in [0.25, 0.3) is 0 Å². The van der Waals surface area contributed by atoms with Crippen LogP contribution in [0.4, 0.5) is 4.79 Å². The van der Waals surface area contributed by atoms with Crippen molar-refractivity contribution >= 4 is 6.09 Å². The summed E-state index contributed by atoms with van der Waals surface area (Å²) >= 11 is 0. The number of rotatable bonds is 0. The van der Waals surface area contributed by atoms with E-state index in [0.29, 0.717) is 6.04 Å². The van der Waals surface area contributed by atoms with Crippen LogP contribution in [-0.2, 0) is 17.6 Å². The van der Waals surface area contributed by atoms with Crippen molar-refractivity contribution in [3.05, 3.63) is 35.4 Å². The fourth-order valence-corrected chi connectivity index (χ4v) is 3.75. The van der Waals surface area contributed by atoms with Crippen LogP contribution in [0.5, 0.6) is 0 Å². The van der Waals surface area contributed by atoms with Gasteiger partial charge >= 0.3 is 6.09 Å². The van der Waals surface area contributed by atoms with Crippen LogP contribution < -0.4 is 0 Å². The fourth-order valence-electron chi connectivity index (χ4n) is 3.75. The summed E-state index contributed by atoms with van der Waals surface area (Å²) in [6.45, 7) is 0.877. The first kappa shape index (κ1) is 9.51. The first-order valence-electron chi connectivity index (χ1n) is 6.35. The van der Waals surface area contributed by atoms with Gasteiger partial charge in [-0.05, 0) is 24.0 Å². The van der Waals surface area contributed by atoms with Gasteiger partial charge in [-0.25, -0.2) is 4.79 Å². The van der Waals surface area contributed by atoms with Gasteiger partial charge in [0, 0.05) is 19.4 Å². The Morgan fingerprint density at radius 1 is 1.24 bits per heavy atom. The molecule has 1 aromatic carbocycles. The zero-order valence-electron chi connectivity index (χ0n) is 9.69. The molecule has 2 saturated heterocycles. The van der Waals surface area contributed by atoms with Gasteiger partial charge in [-0.3, -0.25) is 0 Å². The van der Waals surface area contributed by atoms with Crippen LogP contribution in [0.3, 0.4) is 0 Å². The first-order valence-corrected chi connectivity index (χ1v) is 6.35. The summed E-state index contributed by atoms with van der Waals surface area (Å²) in [5.74, 6) is 0. The van der Waals surface area contributed by atoms with Crippen LogP contribution in [0, 0.1) is 0 Å². The van der Waals surface area contributed by atoms with Gasteiger partial charge < -0.3 is 9.64 Å². The zero-order chi connectivity index (χ0) is 11.5. The number of benzene rings is 1. The maximum atomic E-state index is 11.9. The van der Waals surface area contributed by atoms with Crippen molar-refractivity contribution in [1.29, 1.82) is 0 Å². The van der Waals surface area contributed by atoms with E-state index in [2.05, 4.69) is 24.3 Å². The van der Waals surface area contributed by atoms with E-state index in [9.17, 15) is 4.79 Å². The third-order valence-corrected chi connectivity index (χ3v) is 4.48. The van der Waals surface area contributed by atoms with Gasteiger partial charge in [0.2, 0.25) is 0 Å². The number of hydrogen-bond acceptors (Lipinski definition) is 2. The summed E-state index contributed by atoms with van der Waals surface area (Å²) in [6, 6.07) is 8.77. The Labute approximate surface area is 100 Å². The third kappa shape index (κ3) is 1.14. The Bertz CT molecular complexity index is 472. The quantitative estimate of drug-likeness (QED) is 0.682. The molecular formula is C14H15NO2. The number of carbonyl (C=O) groups is 1. The van der Waals surface area contributed by atoms with E-state index in [1.807, 2.05) is 4.90 Å². The molecule has 0 saturated carbocycles. The average molecular weight is 229 g/mol. The SMILES string of the molecule is O=C1OC2(Cc3ccccc3C2)[C@@H]2CCCN12. The first-order chi connectivity index (χ1) is 8.28. The normalized spacial score (nSPS) is 28.4. The molecule has 0 bridgehead atoms. The van der Waals surface area contributed by atoms with Crippen molar-refractivity contribution in [2.45, 2.75) is 37.3 Å². The van der Waals surface area contributed by atoms with Gasteiger partial charge in [-0.2, -0.15) is 0 Å². The molecule has 0 N–H and O–H groups in total. The van der Waals surface area contributed by atoms with Crippen molar-refractivity contribution in [3.63, 3.8) is 0 Å². The molecule has 3 nitrogen and oxygen atoms in total. The fraction of sp³-hybridized carbons (Fsp3) is 0.500. The van der Waals surface area contributed by atoms with Gasteiger partial charge in [-0.15, -0.1) is 0 Å². The zero-order valence-corrected chi connectivity index (χ0v) is 9.69. The highest BCUT2D eigenvalue weighted by Gasteiger charge is 2.57. The topological polar surface area (TPSA) is 29.5 Å². The second kappa shape index (κ2) is 3.03. The van der Waals surface area contributed by atoms with E-state index < -0.39 is 0 Å². The smallest absolute Gasteiger partial charge is 0.410 e. The number of amides is 1. The molecule has 0 radical (unpaired) electrons. The Kier molecular flexibility index (Phi) is 1.70. The van der Waals surface area contributed by atoms with E-state index in [1.54, 1.807) is 0 Å². The molecular weight excluding hydrogens is 214 g/mol. The molecule has 0 aromatic heterocycles. The van der Waals surface area contributed by atoms with Crippen LogP contribution in [-0.4, -0.2) is 29.2 Å². The molecule has 3 heteroatoms. The highest BCUT2D eigenvalue weighted by molar-refractivity contribution is 5.72. The van der Waals surface area contributed by atoms with Crippen LogP contribution in [0.15, 0.2) is 24.3 Å². The number of nitrogens with zero attached hydrogens (tertiary/aromatic N) is 1. The summed E-state index contributed by atoms with van der Waals surface area (Å²) in [5, 5.41) is 0. The van der Waals surface area contributed by atoms with Crippen LogP contribution >= 0.6 is 0 Å². The Morgan fingerprint density at radius 3 is 2.65 bits per heavy atom. The summed E-state index contributed by atoms with van der Waals surface area (Å²) in [6.07, 6.45) is 3.92. The van der Waals surface area contributed by atoms with Crippen LogP contribution in [0.1, 0.15) is 24.0 Å². The summed E-state index contributed by atoms with van der Waals surface area (Å²) in [4.78, 5) is 13.8. The Hall–Kier alpha value is -1.51. The predicted octanol–water partition coefficient (Wildman–Crippen LogP) is 2.14. The highest BCUT2D eigenvalue weighted by Crippen LogP contribution is 2.45. The van der Waals surface area contributed by atoms with Crippen molar-refractivity contribution in [2.75, 3.05) is 6.54 Å². The number of carbonyl (C=O) groups excluding carboxylic acids is 1. The summed E-state index contributed by atoms with van der Waals surface area (Å²) in [7, 11) is 0. The minimum Gasteiger partial charge on any atom is -0.440 e. The van der Waals surface area contributed by atoms with E-state index in [1.165, 1.54) is 11.1 Å². The lowest BCUT2D eigenvalue weighted by atomic mass is 9.90. The lowest BCUT2D eigenvalue weighted by Gasteiger charge is -2.27. The second-order valence-corrected chi connectivity index (χ2v) is 5.41. The number of fused-ring (bicyclic) bond motifs is 3. The molecule has 88 valence electrons. The van der Waals surface area contributed by atoms with Crippen molar-refractivity contribution in [3.8, 4) is 0 Å². The Balaban J connectivity index is 1.75. The third-order valence-electron chi connectivity index (χ3n) is 4.48. The number of hydrogen-bond donors (Lipinski definition) is 0. The maximum absolute atomic E-state index is 11.9. The predicted molar refractivity (Wildman–Crippen MR) is 62.8 cm³/mol. The minimum absolute atomic E-state index is 0.0969. The molecule has 3 aliphatic rings. The van der Waals surface area contributed by atoms with Gasteiger partial charge in [0.1, 0.15) is 5.60 Å². The second-order valence-electron chi connectivity index (χ2n) is 5.41. The van der Waals surface area contributed by atoms with Gasteiger partial charge in [0.05, 0.1) is 6.04 Å². The lowest BCUT2D eigenvalue weighted by Crippen LogP contribution is -2.43. The molecule has 2 aliphatic heterocycles. The molecule has 17 heavy (non-hydrogen) atoms.